The molecule has 0 saturated carbocycles. The molecule has 0 amide bonds. The van der Waals surface area contributed by atoms with E-state index in [9.17, 15) is 9.90 Å². The summed E-state index contributed by atoms with van der Waals surface area (Å²) in [6.45, 7) is 7.43. The third-order valence-electron chi connectivity index (χ3n) is 4.68. The summed E-state index contributed by atoms with van der Waals surface area (Å²) in [5.41, 5.74) is 6.30. The van der Waals surface area contributed by atoms with Gasteiger partial charge in [-0.3, -0.25) is 9.36 Å². The number of hydrogen-bond acceptors (Lipinski definition) is 10. The summed E-state index contributed by atoms with van der Waals surface area (Å²) in [6.07, 6.45) is 0.280. The van der Waals surface area contributed by atoms with E-state index in [-0.39, 0.29) is 24.1 Å². The van der Waals surface area contributed by atoms with Gasteiger partial charge in [-0.15, -0.1) is 11.6 Å². The maximum Gasteiger partial charge on any atom is 0.194 e. The lowest BCUT2D eigenvalue weighted by molar-refractivity contribution is -0.306. The van der Waals surface area contributed by atoms with Crippen LogP contribution in [-0.4, -0.2) is 65.8 Å². The van der Waals surface area contributed by atoms with Crippen LogP contribution in [0.1, 0.15) is 33.9 Å². The fourth-order valence-electron chi connectivity index (χ4n) is 2.95. The Balaban J connectivity index is 1.55. The van der Waals surface area contributed by atoms with E-state index in [1.807, 2.05) is 20.8 Å². The number of hydrogen-bond donors (Lipinski definition) is 2. The molecule has 2 aromatic heterocycles. The van der Waals surface area contributed by atoms with E-state index < -0.39 is 28.7 Å². The summed E-state index contributed by atoms with van der Waals surface area (Å²) in [5.74, 6) is 0.701. The number of carbonyl (C=O) groups is 1. The molecule has 0 unspecified atom stereocenters. The van der Waals surface area contributed by atoms with Crippen molar-refractivity contribution in [1.82, 2.24) is 19.5 Å². The number of nitrogens with two attached hydrogens (primary N) is 1. The van der Waals surface area contributed by atoms with Crippen molar-refractivity contribution in [3.8, 4) is 0 Å². The highest BCUT2D eigenvalue weighted by molar-refractivity contribution is 8.13. The number of imidazole rings is 1. The molecule has 1 aliphatic heterocycles. The van der Waals surface area contributed by atoms with Crippen LogP contribution in [0.2, 0.25) is 0 Å². The topological polar surface area (TPSA) is 135 Å². The number of alkyl halides is 1. The van der Waals surface area contributed by atoms with Crippen molar-refractivity contribution in [3.05, 3.63) is 12.7 Å². The van der Waals surface area contributed by atoms with Gasteiger partial charge < -0.3 is 15.6 Å². The molecule has 0 aromatic carbocycles. The predicted molar refractivity (Wildman–Crippen MR) is 113 cm³/mol. The van der Waals surface area contributed by atoms with Gasteiger partial charge >= 0.3 is 0 Å². The van der Waals surface area contributed by atoms with E-state index in [2.05, 4.69) is 15.0 Å². The van der Waals surface area contributed by atoms with Crippen LogP contribution in [-0.2, 0) is 19.3 Å². The van der Waals surface area contributed by atoms with Crippen LogP contribution < -0.4 is 5.73 Å². The van der Waals surface area contributed by atoms with Gasteiger partial charge in [0.05, 0.1) is 12.9 Å². The SMILES string of the molecule is CC(C)(C)C(=O)SCCOOC[C@H]1O[C@@H](n2cnc3c(N)ncnc32)[C@](C)(Cl)[C@@H]1O. The Morgan fingerprint density at radius 2 is 2.13 bits per heavy atom. The highest BCUT2D eigenvalue weighted by Crippen LogP contribution is 2.44. The summed E-state index contributed by atoms with van der Waals surface area (Å²) in [5, 5.41) is 10.7. The minimum Gasteiger partial charge on any atom is -0.388 e. The maximum atomic E-state index is 11.9. The summed E-state index contributed by atoms with van der Waals surface area (Å²) >= 11 is 7.80. The lowest BCUT2D eigenvalue weighted by Gasteiger charge is -2.26. The van der Waals surface area contributed by atoms with Crippen molar-refractivity contribution in [3.63, 3.8) is 0 Å². The quantitative estimate of drug-likeness (QED) is 0.273. The second-order valence-electron chi connectivity index (χ2n) is 8.20. The van der Waals surface area contributed by atoms with Crippen LogP contribution in [0.5, 0.6) is 0 Å². The molecule has 10 nitrogen and oxygen atoms in total. The van der Waals surface area contributed by atoms with E-state index in [1.165, 1.54) is 24.4 Å². The van der Waals surface area contributed by atoms with E-state index in [0.29, 0.717) is 16.9 Å². The number of rotatable bonds is 7. The minimum atomic E-state index is -1.17. The smallest absolute Gasteiger partial charge is 0.194 e. The molecule has 0 bridgehead atoms. The van der Waals surface area contributed by atoms with Crippen LogP contribution in [0.3, 0.4) is 0 Å². The number of thioether (sulfide) groups is 1. The normalized spacial score (nSPS) is 27.1. The van der Waals surface area contributed by atoms with Crippen LogP contribution in [0.25, 0.3) is 11.2 Å². The molecule has 12 heteroatoms. The van der Waals surface area contributed by atoms with Crippen LogP contribution in [0, 0.1) is 5.41 Å². The van der Waals surface area contributed by atoms with Crippen LogP contribution in [0.4, 0.5) is 5.82 Å². The number of fused-ring (bicyclic) bond motifs is 1. The zero-order chi connectivity index (χ0) is 22.1. The standard InChI is InChI=1S/C18H26ClN5O5S/c1-17(2,3)16(26)30-6-5-27-28-7-10-12(25)18(4,19)15(29-10)24-9-23-11-13(20)21-8-22-14(11)24/h8-10,12,15,25H,5-7H2,1-4H3,(H2,20,21,22)/t10-,12-,15-,18-/m1/s1. The second kappa shape index (κ2) is 8.93. The first-order valence-corrected chi connectivity index (χ1v) is 10.8. The third-order valence-corrected chi connectivity index (χ3v) is 6.34. The number of halogens is 1. The van der Waals surface area contributed by atoms with E-state index in [0.717, 1.165) is 0 Å². The molecule has 1 aliphatic rings. The molecule has 4 atom stereocenters. The van der Waals surface area contributed by atoms with E-state index in [1.54, 1.807) is 11.5 Å². The zero-order valence-electron chi connectivity index (χ0n) is 17.2. The first-order chi connectivity index (χ1) is 14.0. The van der Waals surface area contributed by atoms with Gasteiger partial charge in [-0.2, -0.15) is 0 Å². The van der Waals surface area contributed by atoms with Gasteiger partial charge in [-0.25, -0.2) is 24.7 Å². The molecule has 0 spiro atoms. The molecular weight excluding hydrogens is 434 g/mol. The van der Waals surface area contributed by atoms with Gasteiger partial charge in [-0.05, 0) is 6.92 Å². The van der Waals surface area contributed by atoms with Gasteiger partial charge in [0, 0.05) is 11.2 Å². The van der Waals surface area contributed by atoms with Crippen molar-refractivity contribution in [2.75, 3.05) is 24.7 Å². The zero-order valence-corrected chi connectivity index (χ0v) is 18.8. The Morgan fingerprint density at radius 1 is 1.40 bits per heavy atom. The number of aliphatic hydroxyl groups is 1. The molecular formula is C18H26ClN5O5S. The fourth-order valence-corrected chi connectivity index (χ4v) is 4.02. The number of aromatic nitrogens is 4. The molecule has 0 aliphatic carbocycles. The third kappa shape index (κ3) is 4.71. The predicted octanol–water partition coefficient (Wildman–Crippen LogP) is 1.92. The lowest BCUT2D eigenvalue weighted by Crippen LogP contribution is -2.39. The Hall–Kier alpha value is -1.50. The van der Waals surface area contributed by atoms with Gasteiger partial charge in [0.25, 0.3) is 0 Å². The lowest BCUT2D eigenvalue weighted by atomic mass is 10.00. The van der Waals surface area contributed by atoms with Gasteiger partial charge in [-0.1, -0.05) is 32.5 Å². The van der Waals surface area contributed by atoms with Crippen LogP contribution in [0.15, 0.2) is 12.7 Å². The molecule has 3 rings (SSSR count). The average Bonchev–Trinajstić information content (AvgIpc) is 3.18. The van der Waals surface area contributed by atoms with Crippen molar-refractivity contribution < 1.29 is 24.4 Å². The highest BCUT2D eigenvalue weighted by atomic mass is 35.5. The average molecular weight is 460 g/mol. The Bertz CT molecular complexity index is 903. The molecule has 1 saturated heterocycles. The Kier molecular flexibility index (Phi) is 6.90. The summed E-state index contributed by atoms with van der Waals surface area (Å²) in [6, 6.07) is 0. The summed E-state index contributed by atoms with van der Waals surface area (Å²) in [4.78, 5) is 33.3. The van der Waals surface area contributed by atoms with Gasteiger partial charge in [0.1, 0.15) is 35.5 Å². The first kappa shape index (κ1) is 23.2. The molecule has 30 heavy (non-hydrogen) atoms. The number of carbonyl (C=O) groups excluding carboxylic acids is 1. The number of aliphatic hydroxyl groups excluding tert-OH is 1. The van der Waals surface area contributed by atoms with Crippen molar-refractivity contribution in [2.45, 2.75) is 51.0 Å². The minimum absolute atomic E-state index is 0.0401. The van der Waals surface area contributed by atoms with Gasteiger partial charge in [0.15, 0.2) is 22.8 Å². The van der Waals surface area contributed by atoms with Crippen molar-refractivity contribution in [2.24, 2.45) is 5.41 Å². The number of nitrogen functional groups attached to an aromatic ring is 1. The van der Waals surface area contributed by atoms with Crippen molar-refractivity contribution in [1.29, 1.82) is 0 Å². The molecule has 166 valence electrons. The number of nitrogens with zero attached hydrogens (tertiary/aromatic N) is 4. The number of anilines is 1. The Labute approximate surface area is 183 Å². The maximum absolute atomic E-state index is 11.9. The highest BCUT2D eigenvalue weighted by Gasteiger charge is 2.53. The second-order valence-corrected chi connectivity index (χ2v) is 10.1. The largest absolute Gasteiger partial charge is 0.388 e. The molecule has 1 fully saturated rings. The van der Waals surface area contributed by atoms with Crippen LogP contribution >= 0.6 is 23.4 Å². The molecule has 0 radical (unpaired) electrons. The summed E-state index contributed by atoms with van der Waals surface area (Å²) in [7, 11) is 0. The molecule has 3 N–H and O–H groups in total. The van der Waals surface area contributed by atoms with E-state index >= 15 is 0 Å². The van der Waals surface area contributed by atoms with Crippen molar-refractivity contribution >= 4 is 45.5 Å². The monoisotopic (exact) mass is 459 g/mol. The molecule has 3 heterocycles. The first-order valence-electron chi connectivity index (χ1n) is 9.40. The fraction of sp³-hybridized carbons (Fsp3) is 0.667. The molecule has 2 aromatic rings. The number of ether oxygens (including phenoxy) is 1. The Morgan fingerprint density at radius 3 is 2.83 bits per heavy atom. The van der Waals surface area contributed by atoms with Gasteiger partial charge in [0.2, 0.25) is 0 Å². The summed E-state index contributed by atoms with van der Waals surface area (Å²) < 4.78 is 7.56. The van der Waals surface area contributed by atoms with E-state index in [4.69, 9.17) is 31.8 Å².